The molecule has 41 heavy (non-hydrogen) atoms. The zero-order chi connectivity index (χ0) is 30.2. The Morgan fingerprint density at radius 1 is 1.00 bits per heavy atom. The Hall–Kier alpha value is -3.80. The molecule has 0 aliphatic carbocycles. The van der Waals surface area contributed by atoms with Crippen LogP contribution in [0.25, 0.3) is 0 Å². The van der Waals surface area contributed by atoms with Crippen LogP contribution in [0.15, 0.2) is 60.7 Å². The van der Waals surface area contributed by atoms with Gasteiger partial charge in [0.25, 0.3) is 0 Å². The van der Waals surface area contributed by atoms with Crippen LogP contribution >= 0.6 is 0 Å². The molecule has 0 unspecified atom stereocenters. The second-order valence-electron chi connectivity index (χ2n) is 10.6. The van der Waals surface area contributed by atoms with Gasteiger partial charge in [0.1, 0.15) is 17.2 Å². The number of phenols is 1. The maximum absolute atomic E-state index is 12.7. The molecule has 0 saturated carbocycles. The van der Waals surface area contributed by atoms with Gasteiger partial charge in [-0.25, -0.2) is 8.42 Å². The van der Waals surface area contributed by atoms with Gasteiger partial charge >= 0.3 is 0 Å². The summed E-state index contributed by atoms with van der Waals surface area (Å²) >= 11 is 0. The minimum atomic E-state index is -3.59. The predicted molar refractivity (Wildman–Crippen MR) is 159 cm³/mol. The Kier molecular flexibility index (Phi) is 10.6. The zero-order valence-electron chi connectivity index (χ0n) is 24.0. The maximum Gasteiger partial charge on any atom is 0.229 e. The second kappa shape index (κ2) is 13.7. The number of phenolic OH excluding ortho intramolecular Hbond substituents is 1. The van der Waals surface area contributed by atoms with Crippen molar-refractivity contribution in [2.75, 3.05) is 31.7 Å². The minimum Gasteiger partial charge on any atom is -0.506 e. The first-order chi connectivity index (χ1) is 19.3. The van der Waals surface area contributed by atoms with E-state index in [1.165, 1.54) is 12.1 Å². The Morgan fingerprint density at radius 2 is 1.73 bits per heavy atom. The number of ether oxygens (including phenoxy) is 2. The van der Waals surface area contributed by atoms with Crippen LogP contribution in [0, 0.1) is 0 Å². The number of rotatable bonds is 14. The monoisotopic (exact) mass is 585 g/mol. The molecule has 11 heteroatoms. The molecule has 0 saturated heterocycles. The third-order valence-corrected chi connectivity index (χ3v) is 7.04. The lowest BCUT2D eigenvalue weighted by molar-refractivity contribution is -0.120. The van der Waals surface area contributed by atoms with Crippen molar-refractivity contribution in [2.45, 2.75) is 44.9 Å². The molecule has 3 aromatic rings. The largest absolute Gasteiger partial charge is 0.506 e. The van der Waals surface area contributed by atoms with Gasteiger partial charge in [-0.05, 0) is 61.2 Å². The van der Waals surface area contributed by atoms with Gasteiger partial charge in [0, 0.05) is 30.3 Å². The molecule has 3 rings (SSSR count). The molecule has 0 aromatic heterocycles. The van der Waals surface area contributed by atoms with Gasteiger partial charge in [0.05, 0.1) is 38.7 Å². The van der Waals surface area contributed by atoms with Crippen LogP contribution in [-0.4, -0.2) is 57.1 Å². The molecule has 0 radical (unpaired) electrons. The number of carbonyl (C=O) groups is 1. The molecule has 5 N–H and O–H groups in total. The van der Waals surface area contributed by atoms with E-state index in [1.54, 1.807) is 26.4 Å². The van der Waals surface area contributed by atoms with E-state index >= 15 is 0 Å². The van der Waals surface area contributed by atoms with Gasteiger partial charge in [-0.15, -0.1) is 0 Å². The number of β-amino-alcohol motifs (C(OH)–C–C–N with tert-alkyl or cyclic N) is 1. The minimum absolute atomic E-state index is 0.00676. The lowest BCUT2D eigenvalue weighted by atomic mass is 9.93. The first-order valence-electron chi connectivity index (χ1n) is 13.1. The summed E-state index contributed by atoms with van der Waals surface area (Å²) in [4.78, 5) is 12.7. The summed E-state index contributed by atoms with van der Waals surface area (Å²) in [5, 5.41) is 27.0. The van der Waals surface area contributed by atoms with Crippen LogP contribution in [0.5, 0.6) is 17.2 Å². The molecule has 10 nitrogen and oxygen atoms in total. The number of hydrogen-bond donors (Lipinski definition) is 5. The molecular formula is C30H39N3O7S. The molecule has 222 valence electrons. The number of aromatic hydroxyl groups is 1. The Morgan fingerprint density at radius 3 is 2.41 bits per heavy atom. The summed E-state index contributed by atoms with van der Waals surface area (Å²) in [6, 6.07) is 17.6. The molecule has 0 aliphatic heterocycles. The fraction of sp³-hybridized carbons (Fsp3) is 0.367. The van der Waals surface area contributed by atoms with Gasteiger partial charge in [-0.2, -0.15) is 0 Å². The SMILES string of the molecule is COc1ccc(CNC(=O)Cc2cccc(CC(C)(C)NC[C@@H](O)c3ccc(O)c(NS(C)(=O)=O)c3)c2)c(OC)c1. The lowest BCUT2D eigenvalue weighted by Crippen LogP contribution is -2.43. The predicted octanol–water partition coefficient (Wildman–Crippen LogP) is 3.28. The smallest absolute Gasteiger partial charge is 0.229 e. The quantitative estimate of drug-likeness (QED) is 0.181. The van der Waals surface area contributed by atoms with E-state index < -0.39 is 21.7 Å². The first kappa shape index (κ1) is 31.7. The normalized spacial score (nSPS) is 12.4. The number of benzene rings is 3. The van der Waals surface area contributed by atoms with Crippen LogP contribution in [-0.2, 0) is 34.2 Å². The Balaban J connectivity index is 1.56. The van der Waals surface area contributed by atoms with Gasteiger partial charge < -0.3 is 30.3 Å². The van der Waals surface area contributed by atoms with E-state index in [2.05, 4.69) is 15.4 Å². The molecule has 1 amide bonds. The number of aliphatic hydroxyl groups excluding tert-OH is 1. The average Bonchev–Trinajstić information content (AvgIpc) is 2.91. The number of aliphatic hydroxyl groups is 1. The fourth-order valence-electron chi connectivity index (χ4n) is 4.40. The highest BCUT2D eigenvalue weighted by Crippen LogP contribution is 2.28. The van der Waals surface area contributed by atoms with Crippen molar-refractivity contribution in [3.05, 3.63) is 82.9 Å². The van der Waals surface area contributed by atoms with Crippen molar-refractivity contribution in [3.8, 4) is 17.2 Å². The molecule has 0 aliphatic rings. The molecule has 0 fully saturated rings. The number of anilines is 1. The summed E-state index contributed by atoms with van der Waals surface area (Å²) in [6.07, 6.45) is 0.911. The van der Waals surface area contributed by atoms with Crippen LogP contribution < -0.4 is 24.8 Å². The molecule has 0 bridgehead atoms. The first-order valence-corrected chi connectivity index (χ1v) is 15.0. The van der Waals surface area contributed by atoms with E-state index in [-0.39, 0.29) is 30.3 Å². The molecule has 1 atom stereocenters. The van der Waals surface area contributed by atoms with E-state index in [9.17, 15) is 23.4 Å². The van der Waals surface area contributed by atoms with Crippen LogP contribution in [0.4, 0.5) is 5.69 Å². The van der Waals surface area contributed by atoms with Gasteiger partial charge in [-0.3, -0.25) is 9.52 Å². The highest BCUT2D eigenvalue weighted by atomic mass is 32.2. The van der Waals surface area contributed by atoms with Gasteiger partial charge in [0.2, 0.25) is 15.9 Å². The van der Waals surface area contributed by atoms with Gasteiger partial charge in [-0.1, -0.05) is 30.3 Å². The molecule has 3 aromatic carbocycles. The molecular weight excluding hydrogens is 546 g/mol. The maximum atomic E-state index is 12.7. The second-order valence-corrected chi connectivity index (χ2v) is 12.3. The van der Waals surface area contributed by atoms with Gasteiger partial charge in [0.15, 0.2) is 0 Å². The van der Waals surface area contributed by atoms with Crippen molar-refractivity contribution >= 4 is 21.6 Å². The number of carbonyl (C=O) groups excluding carboxylic acids is 1. The number of methoxy groups -OCH3 is 2. The number of sulfonamides is 1. The Bertz CT molecular complexity index is 1460. The fourth-order valence-corrected chi connectivity index (χ4v) is 4.96. The highest BCUT2D eigenvalue weighted by molar-refractivity contribution is 7.92. The van der Waals surface area contributed by atoms with E-state index in [4.69, 9.17) is 9.47 Å². The standard InChI is InChI=1S/C30H39N3O7S/c1-30(2,32-19-27(35)22-10-12-26(34)25(15-22)33-41(5,37)38)17-21-8-6-7-20(13-21)14-29(36)31-18-23-9-11-24(39-3)16-28(23)40-4/h6-13,15-16,27,32-35H,14,17-19H2,1-5H3,(H,31,36)/t27-/m1/s1. The van der Waals surface area contributed by atoms with Crippen LogP contribution in [0.1, 0.15) is 42.2 Å². The van der Waals surface area contributed by atoms with E-state index in [0.717, 1.165) is 22.9 Å². The van der Waals surface area contributed by atoms with Crippen LogP contribution in [0.2, 0.25) is 0 Å². The van der Waals surface area contributed by atoms with Crippen molar-refractivity contribution in [1.29, 1.82) is 0 Å². The number of hydrogen-bond acceptors (Lipinski definition) is 8. The lowest BCUT2D eigenvalue weighted by Gasteiger charge is -2.28. The molecule has 0 spiro atoms. The Labute approximate surface area is 241 Å². The zero-order valence-corrected chi connectivity index (χ0v) is 24.8. The summed E-state index contributed by atoms with van der Waals surface area (Å²) in [6.45, 7) is 4.55. The summed E-state index contributed by atoms with van der Waals surface area (Å²) < 4.78 is 36.0. The van der Waals surface area contributed by atoms with Crippen molar-refractivity contribution in [2.24, 2.45) is 0 Å². The van der Waals surface area contributed by atoms with Crippen molar-refractivity contribution < 1.29 is 32.9 Å². The van der Waals surface area contributed by atoms with E-state index in [1.807, 2.05) is 50.2 Å². The van der Waals surface area contributed by atoms with E-state index in [0.29, 0.717) is 30.0 Å². The topological polar surface area (TPSA) is 146 Å². The summed E-state index contributed by atoms with van der Waals surface area (Å²) in [5.74, 6) is 0.979. The number of amides is 1. The highest BCUT2D eigenvalue weighted by Gasteiger charge is 2.21. The molecule has 0 heterocycles. The van der Waals surface area contributed by atoms with Crippen LogP contribution in [0.3, 0.4) is 0 Å². The third kappa shape index (κ3) is 9.96. The summed E-state index contributed by atoms with van der Waals surface area (Å²) in [5.41, 5.74) is 2.82. The van der Waals surface area contributed by atoms with Crippen molar-refractivity contribution in [1.82, 2.24) is 10.6 Å². The van der Waals surface area contributed by atoms with Crippen molar-refractivity contribution in [3.63, 3.8) is 0 Å². The number of nitrogens with one attached hydrogen (secondary N) is 3. The summed E-state index contributed by atoms with van der Waals surface area (Å²) in [7, 11) is -0.428. The third-order valence-electron chi connectivity index (χ3n) is 6.45. The average molecular weight is 586 g/mol.